The van der Waals surface area contributed by atoms with E-state index in [2.05, 4.69) is 0 Å². The minimum atomic E-state index is -3.33. The molecule has 1 fully saturated rings. The van der Waals surface area contributed by atoms with Gasteiger partial charge in [0.25, 0.3) is 0 Å². The number of hydrogen-bond donors (Lipinski definition) is 0. The molecule has 6 heteroatoms. The zero-order valence-electron chi connectivity index (χ0n) is 10.6. The van der Waals surface area contributed by atoms with Crippen LogP contribution in [0.25, 0.3) is 0 Å². The molecular formula is C12H18ClNO2S2. The van der Waals surface area contributed by atoms with E-state index < -0.39 is 10.0 Å². The van der Waals surface area contributed by atoms with Crippen LogP contribution in [0, 0.1) is 6.92 Å². The van der Waals surface area contributed by atoms with Gasteiger partial charge in [0.2, 0.25) is 10.0 Å². The third-order valence-electron chi connectivity index (χ3n) is 3.44. The summed E-state index contributed by atoms with van der Waals surface area (Å²) in [4.78, 5) is 2.20. The molecule has 102 valence electrons. The lowest BCUT2D eigenvalue weighted by atomic mass is 10.2. The molecule has 1 aliphatic rings. The molecule has 0 aliphatic carbocycles. The number of aryl methyl sites for hydroxylation is 1. The lowest BCUT2D eigenvalue weighted by Crippen LogP contribution is -2.35. The summed E-state index contributed by atoms with van der Waals surface area (Å²) in [5.74, 6) is 0.373. The van der Waals surface area contributed by atoms with Crippen LogP contribution in [-0.2, 0) is 15.9 Å². The van der Waals surface area contributed by atoms with E-state index in [1.54, 1.807) is 10.4 Å². The molecule has 0 saturated carbocycles. The summed E-state index contributed by atoms with van der Waals surface area (Å²) in [6.45, 7) is 4.54. The zero-order valence-corrected chi connectivity index (χ0v) is 13.0. The molecule has 3 nitrogen and oxygen atoms in total. The van der Waals surface area contributed by atoms with Crippen molar-refractivity contribution >= 4 is 33.0 Å². The number of halogens is 1. The molecule has 2 rings (SSSR count). The molecule has 18 heavy (non-hydrogen) atoms. The molecule has 1 saturated heterocycles. The van der Waals surface area contributed by atoms with Crippen LogP contribution >= 0.6 is 22.9 Å². The van der Waals surface area contributed by atoms with Crippen LogP contribution in [0.3, 0.4) is 0 Å². The maximum atomic E-state index is 12.6. The first-order chi connectivity index (χ1) is 8.50. The normalized spacial score (nSPS) is 21.6. The van der Waals surface area contributed by atoms with Crippen LogP contribution in [0.4, 0.5) is 0 Å². The number of hydrogen-bond acceptors (Lipinski definition) is 3. The van der Waals surface area contributed by atoms with Crippen molar-refractivity contribution < 1.29 is 8.42 Å². The summed E-state index contributed by atoms with van der Waals surface area (Å²) in [6.07, 6.45) is 2.81. The fourth-order valence-corrected chi connectivity index (χ4v) is 5.97. The van der Waals surface area contributed by atoms with Crippen molar-refractivity contribution in [1.82, 2.24) is 4.31 Å². The SMILES string of the molecule is CCC1CCCN1S(=O)(=O)c1cc(CCl)sc1C. The topological polar surface area (TPSA) is 37.4 Å². The number of rotatable bonds is 4. The highest BCUT2D eigenvalue weighted by molar-refractivity contribution is 7.89. The average molecular weight is 308 g/mol. The standard InChI is InChI=1S/C12H18ClNO2S2/c1-3-10-5-4-6-14(10)18(15,16)12-7-11(8-13)17-9(12)2/h7,10H,3-6,8H2,1-2H3. The number of thiophene rings is 1. The molecule has 1 unspecified atom stereocenters. The molecule has 1 aromatic rings. The van der Waals surface area contributed by atoms with Gasteiger partial charge in [0.1, 0.15) is 0 Å². The van der Waals surface area contributed by atoms with Gasteiger partial charge in [0.15, 0.2) is 0 Å². The third kappa shape index (κ3) is 2.46. The first-order valence-electron chi connectivity index (χ1n) is 6.17. The number of sulfonamides is 1. The van der Waals surface area contributed by atoms with Gasteiger partial charge in [-0.2, -0.15) is 4.31 Å². The van der Waals surface area contributed by atoms with Gasteiger partial charge in [-0.3, -0.25) is 0 Å². The predicted octanol–water partition coefficient (Wildman–Crippen LogP) is 3.36. The fourth-order valence-electron chi connectivity index (χ4n) is 2.51. The summed E-state index contributed by atoms with van der Waals surface area (Å²) in [6, 6.07) is 1.89. The smallest absolute Gasteiger partial charge is 0.207 e. The fraction of sp³-hybridized carbons (Fsp3) is 0.667. The van der Waals surface area contributed by atoms with Crippen LogP contribution in [0.5, 0.6) is 0 Å². The first kappa shape index (κ1) is 14.3. The van der Waals surface area contributed by atoms with Gasteiger partial charge < -0.3 is 0 Å². The van der Waals surface area contributed by atoms with Crippen molar-refractivity contribution in [3.8, 4) is 0 Å². The van der Waals surface area contributed by atoms with E-state index in [9.17, 15) is 8.42 Å². The Labute approximate surface area is 118 Å². The van der Waals surface area contributed by atoms with Crippen molar-refractivity contribution in [1.29, 1.82) is 0 Å². The number of nitrogens with zero attached hydrogens (tertiary/aromatic N) is 1. The summed E-state index contributed by atoms with van der Waals surface area (Å²) < 4.78 is 27.0. The molecule has 0 spiro atoms. The van der Waals surface area contributed by atoms with Crippen LogP contribution in [0.15, 0.2) is 11.0 Å². The molecule has 1 aromatic heterocycles. The minimum Gasteiger partial charge on any atom is -0.207 e. The van der Waals surface area contributed by atoms with Gasteiger partial charge in [-0.05, 0) is 32.3 Å². The van der Waals surface area contributed by atoms with E-state index in [0.717, 1.165) is 29.0 Å². The van der Waals surface area contributed by atoms with Crippen LogP contribution in [-0.4, -0.2) is 25.3 Å². The van der Waals surface area contributed by atoms with Gasteiger partial charge in [0, 0.05) is 22.3 Å². The van der Waals surface area contributed by atoms with Gasteiger partial charge in [-0.1, -0.05) is 6.92 Å². The molecule has 0 bridgehead atoms. The average Bonchev–Trinajstić information content (AvgIpc) is 2.94. The maximum absolute atomic E-state index is 12.6. The van der Waals surface area contributed by atoms with Crippen LogP contribution < -0.4 is 0 Å². The quantitative estimate of drug-likeness (QED) is 0.800. The highest BCUT2D eigenvalue weighted by Gasteiger charge is 2.35. The van der Waals surface area contributed by atoms with Crippen molar-refractivity contribution in [2.24, 2.45) is 0 Å². The second kappa shape index (κ2) is 5.49. The Morgan fingerprint density at radius 3 is 2.83 bits per heavy atom. The Balaban J connectivity index is 2.38. The molecular weight excluding hydrogens is 290 g/mol. The Bertz CT molecular complexity index is 524. The zero-order chi connectivity index (χ0) is 13.3. The van der Waals surface area contributed by atoms with Gasteiger partial charge >= 0.3 is 0 Å². The van der Waals surface area contributed by atoms with E-state index >= 15 is 0 Å². The molecule has 1 atom stereocenters. The monoisotopic (exact) mass is 307 g/mol. The van der Waals surface area contributed by atoms with Gasteiger partial charge in [-0.25, -0.2) is 8.42 Å². The summed E-state index contributed by atoms with van der Waals surface area (Å²) in [7, 11) is -3.33. The van der Waals surface area contributed by atoms with E-state index in [4.69, 9.17) is 11.6 Å². The van der Waals surface area contributed by atoms with E-state index in [-0.39, 0.29) is 6.04 Å². The third-order valence-corrected chi connectivity index (χ3v) is 7.14. The van der Waals surface area contributed by atoms with E-state index in [0.29, 0.717) is 17.3 Å². The van der Waals surface area contributed by atoms with Crippen LogP contribution in [0.2, 0.25) is 0 Å². The van der Waals surface area contributed by atoms with Crippen molar-refractivity contribution in [2.75, 3.05) is 6.54 Å². The number of alkyl halides is 1. The lowest BCUT2D eigenvalue weighted by Gasteiger charge is -2.22. The van der Waals surface area contributed by atoms with Gasteiger partial charge in [0.05, 0.1) is 10.8 Å². The second-order valence-electron chi connectivity index (χ2n) is 4.59. The molecule has 0 N–H and O–H groups in total. The Morgan fingerprint density at radius 1 is 1.56 bits per heavy atom. The lowest BCUT2D eigenvalue weighted by molar-refractivity contribution is 0.379. The van der Waals surface area contributed by atoms with Crippen molar-refractivity contribution in [3.63, 3.8) is 0 Å². The van der Waals surface area contributed by atoms with Crippen LogP contribution in [0.1, 0.15) is 35.9 Å². The minimum absolute atomic E-state index is 0.161. The predicted molar refractivity (Wildman–Crippen MR) is 75.8 cm³/mol. The molecule has 0 aromatic carbocycles. The summed E-state index contributed by atoms with van der Waals surface area (Å²) >= 11 is 7.25. The Hall–Kier alpha value is -0.100. The molecule has 0 amide bonds. The van der Waals surface area contributed by atoms with Crippen molar-refractivity contribution in [3.05, 3.63) is 15.8 Å². The molecule has 1 aliphatic heterocycles. The highest BCUT2D eigenvalue weighted by atomic mass is 35.5. The van der Waals surface area contributed by atoms with Gasteiger partial charge in [-0.15, -0.1) is 22.9 Å². The second-order valence-corrected chi connectivity index (χ2v) is 8.05. The highest BCUT2D eigenvalue weighted by Crippen LogP contribution is 2.33. The first-order valence-corrected chi connectivity index (χ1v) is 8.97. The summed E-state index contributed by atoms with van der Waals surface area (Å²) in [5, 5.41) is 0. The van der Waals surface area contributed by atoms with Crippen molar-refractivity contribution in [2.45, 2.75) is 49.9 Å². The maximum Gasteiger partial charge on any atom is 0.244 e. The largest absolute Gasteiger partial charge is 0.244 e. The molecule has 2 heterocycles. The van der Waals surface area contributed by atoms with E-state index in [1.165, 1.54) is 11.3 Å². The molecule has 0 radical (unpaired) electrons. The summed E-state index contributed by atoms with van der Waals surface area (Å²) in [5.41, 5.74) is 0. The Morgan fingerprint density at radius 2 is 2.28 bits per heavy atom. The van der Waals surface area contributed by atoms with E-state index in [1.807, 2.05) is 13.8 Å². The Kier molecular flexibility index (Phi) is 4.36.